The topological polar surface area (TPSA) is 58.0 Å². The van der Waals surface area contributed by atoms with Crippen molar-refractivity contribution in [1.82, 2.24) is 9.97 Å². The van der Waals surface area contributed by atoms with E-state index in [4.69, 9.17) is 0 Å². The number of anilines is 1. The van der Waals surface area contributed by atoms with E-state index in [-0.39, 0.29) is 12.6 Å². The molecule has 0 aliphatic carbocycles. The van der Waals surface area contributed by atoms with E-state index in [0.29, 0.717) is 5.92 Å². The lowest BCUT2D eigenvalue weighted by Gasteiger charge is -2.21. The van der Waals surface area contributed by atoms with Crippen LogP contribution in [0.2, 0.25) is 0 Å². The number of rotatable bonds is 4. The van der Waals surface area contributed by atoms with Crippen LogP contribution in [0.15, 0.2) is 24.3 Å². The third-order valence-electron chi connectivity index (χ3n) is 3.07. The molecule has 2 N–H and O–H groups in total. The maximum atomic E-state index is 9.35. The zero-order chi connectivity index (χ0) is 13.1. The van der Waals surface area contributed by atoms with Gasteiger partial charge in [0.05, 0.1) is 29.4 Å². The molecule has 96 valence electrons. The molecule has 1 atom stereocenters. The first-order valence-electron chi connectivity index (χ1n) is 6.22. The maximum Gasteiger partial charge on any atom is 0.148 e. The van der Waals surface area contributed by atoms with Crippen molar-refractivity contribution in [3.63, 3.8) is 0 Å². The SMILES string of the molecule is Cc1nc2ccccc2nc1NC(CO)C(C)C. The van der Waals surface area contributed by atoms with E-state index in [0.717, 1.165) is 22.5 Å². The van der Waals surface area contributed by atoms with Crippen LogP contribution in [0.5, 0.6) is 0 Å². The maximum absolute atomic E-state index is 9.35. The molecule has 0 aliphatic rings. The van der Waals surface area contributed by atoms with Gasteiger partial charge in [-0.2, -0.15) is 0 Å². The number of aliphatic hydroxyl groups is 1. The first-order chi connectivity index (χ1) is 8.61. The number of fused-ring (bicyclic) bond motifs is 1. The van der Waals surface area contributed by atoms with Crippen molar-refractivity contribution in [1.29, 1.82) is 0 Å². The highest BCUT2D eigenvalue weighted by Gasteiger charge is 2.14. The fourth-order valence-corrected chi connectivity index (χ4v) is 1.82. The van der Waals surface area contributed by atoms with Crippen LogP contribution in [-0.2, 0) is 0 Å². The zero-order valence-electron chi connectivity index (χ0n) is 11.0. The van der Waals surface area contributed by atoms with Crippen molar-refractivity contribution in [3.05, 3.63) is 30.0 Å². The number of aliphatic hydroxyl groups excluding tert-OH is 1. The Labute approximate surface area is 107 Å². The van der Waals surface area contributed by atoms with E-state index in [2.05, 4.69) is 29.1 Å². The summed E-state index contributed by atoms with van der Waals surface area (Å²) < 4.78 is 0. The summed E-state index contributed by atoms with van der Waals surface area (Å²) in [5.74, 6) is 1.09. The molecular formula is C14H19N3O. The molecule has 0 bridgehead atoms. The molecule has 1 unspecified atom stereocenters. The number of para-hydroxylation sites is 2. The number of aromatic nitrogens is 2. The van der Waals surface area contributed by atoms with Crippen LogP contribution >= 0.6 is 0 Å². The van der Waals surface area contributed by atoms with Gasteiger partial charge in [0.1, 0.15) is 5.82 Å². The Morgan fingerprint density at radius 2 is 1.78 bits per heavy atom. The molecule has 0 amide bonds. The Balaban J connectivity index is 2.35. The molecule has 4 heteroatoms. The number of hydrogen-bond acceptors (Lipinski definition) is 4. The molecule has 0 fully saturated rings. The van der Waals surface area contributed by atoms with Crippen LogP contribution in [0.1, 0.15) is 19.5 Å². The number of aryl methyl sites for hydroxylation is 1. The normalized spacial score (nSPS) is 12.9. The van der Waals surface area contributed by atoms with Gasteiger partial charge in [0.15, 0.2) is 0 Å². The van der Waals surface area contributed by atoms with Gasteiger partial charge < -0.3 is 10.4 Å². The fraction of sp³-hybridized carbons (Fsp3) is 0.429. The smallest absolute Gasteiger partial charge is 0.148 e. The summed E-state index contributed by atoms with van der Waals surface area (Å²) in [5, 5.41) is 12.6. The lowest BCUT2D eigenvalue weighted by atomic mass is 10.1. The van der Waals surface area contributed by atoms with Gasteiger partial charge in [-0.3, -0.25) is 0 Å². The van der Waals surface area contributed by atoms with Crippen LogP contribution in [0, 0.1) is 12.8 Å². The third-order valence-corrected chi connectivity index (χ3v) is 3.07. The second kappa shape index (κ2) is 5.31. The van der Waals surface area contributed by atoms with E-state index in [1.54, 1.807) is 0 Å². The number of benzene rings is 1. The second-order valence-electron chi connectivity index (χ2n) is 4.82. The monoisotopic (exact) mass is 245 g/mol. The molecule has 18 heavy (non-hydrogen) atoms. The van der Waals surface area contributed by atoms with Gasteiger partial charge in [-0.05, 0) is 25.0 Å². The standard InChI is InChI=1S/C14H19N3O/c1-9(2)13(8-18)17-14-10(3)15-11-6-4-5-7-12(11)16-14/h4-7,9,13,18H,8H2,1-3H3,(H,16,17). The summed E-state index contributed by atoms with van der Waals surface area (Å²) in [7, 11) is 0. The molecule has 0 aliphatic heterocycles. The zero-order valence-corrected chi connectivity index (χ0v) is 11.0. The molecule has 1 aromatic heterocycles. The molecule has 0 saturated carbocycles. The van der Waals surface area contributed by atoms with Gasteiger partial charge in [0.25, 0.3) is 0 Å². The highest BCUT2D eigenvalue weighted by atomic mass is 16.3. The summed E-state index contributed by atoms with van der Waals surface area (Å²) in [6.45, 7) is 6.15. The summed E-state index contributed by atoms with van der Waals surface area (Å²) in [5.41, 5.74) is 2.62. The minimum absolute atomic E-state index is 0.000776. The van der Waals surface area contributed by atoms with E-state index >= 15 is 0 Å². The van der Waals surface area contributed by atoms with Crippen molar-refractivity contribution in [2.24, 2.45) is 5.92 Å². The Morgan fingerprint density at radius 3 is 2.33 bits per heavy atom. The largest absolute Gasteiger partial charge is 0.394 e. The predicted molar refractivity (Wildman–Crippen MR) is 73.6 cm³/mol. The van der Waals surface area contributed by atoms with Crippen molar-refractivity contribution in [3.8, 4) is 0 Å². The Morgan fingerprint density at radius 1 is 1.17 bits per heavy atom. The first-order valence-corrected chi connectivity index (χ1v) is 6.22. The quantitative estimate of drug-likeness (QED) is 0.868. The minimum atomic E-state index is -0.000776. The molecule has 1 heterocycles. The molecular weight excluding hydrogens is 226 g/mol. The van der Waals surface area contributed by atoms with E-state index < -0.39 is 0 Å². The van der Waals surface area contributed by atoms with Crippen LogP contribution in [0.4, 0.5) is 5.82 Å². The lowest BCUT2D eigenvalue weighted by molar-refractivity contribution is 0.249. The van der Waals surface area contributed by atoms with Crippen molar-refractivity contribution in [2.45, 2.75) is 26.8 Å². The summed E-state index contributed by atoms with van der Waals surface area (Å²) >= 11 is 0. The molecule has 0 radical (unpaired) electrons. The van der Waals surface area contributed by atoms with Gasteiger partial charge in [-0.1, -0.05) is 26.0 Å². The van der Waals surface area contributed by atoms with Crippen molar-refractivity contribution in [2.75, 3.05) is 11.9 Å². The van der Waals surface area contributed by atoms with Crippen LogP contribution in [0.25, 0.3) is 11.0 Å². The average molecular weight is 245 g/mol. The average Bonchev–Trinajstić information content (AvgIpc) is 2.35. The molecule has 2 aromatic rings. The molecule has 0 spiro atoms. The Bertz CT molecular complexity index is 540. The predicted octanol–water partition coefficient (Wildman–Crippen LogP) is 2.37. The molecule has 1 aromatic carbocycles. The van der Waals surface area contributed by atoms with Crippen LogP contribution < -0.4 is 5.32 Å². The molecule has 4 nitrogen and oxygen atoms in total. The number of nitrogens with zero attached hydrogens (tertiary/aromatic N) is 2. The third kappa shape index (κ3) is 2.59. The van der Waals surface area contributed by atoms with E-state index in [9.17, 15) is 5.11 Å². The Kier molecular flexibility index (Phi) is 3.77. The van der Waals surface area contributed by atoms with E-state index in [1.165, 1.54) is 0 Å². The van der Waals surface area contributed by atoms with Crippen molar-refractivity contribution >= 4 is 16.9 Å². The van der Waals surface area contributed by atoms with Gasteiger partial charge in [0.2, 0.25) is 0 Å². The van der Waals surface area contributed by atoms with Gasteiger partial charge >= 0.3 is 0 Å². The summed E-state index contributed by atoms with van der Waals surface area (Å²) in [6.07, 6.45) is 0. The highest BCUT2D eigenvalue weighted by molar-refractivity contribution is 5.76. The minimum Gasteiger partial charge on any atom is -0.394 e. The summed E-state index contributed by atoms with van der Waals surface area (Å²) in [4.78, 5) is 9.08. The fourth-order valence-electron chi connectivity index (χ4n) is 1.82. The first kappa shape index (κ1) is 12.8. The second-order valence-corrected chi connectivity index (χ2v) is 4.82. The van der Waals surface area contributed by atoms with Crippen LogP contribution in [0.3, 0.4) is 0 Å². The lowest BCUT2D eigenvalue weighted by Crippen LogP contribution is -2.30. The molecule has 0 saturated heterocycles. The van der Waals surface area contributed by atoms with Gasteiger partial charge in [0, 0.05) is 0 Å². The van der Waals surface area contributed by atoms with Crippen LogP contribution in [-0.4, -0.2) is 27.7 Å². The van der Waals surface area contributed by atoms with Gasteiger partial charge in [-0.25, -0.2) is 9.97 Å². The van der Waals surface area contributed by atoms with Gasteiger partial charge in [-0.15, -0.1) is 0 Å². The molecule has 2 rings (SSSR count). The van der Waals surface area contributed by atoms with E-state index in [1.807, 2.05) is 31.2 Å². The van der Waals surface area contributed by atoms with Crippen molar-refractivity contribution < 1.29 is 5.11 Å². The number of nitrogens with one attached hydrogen (secondary N) is 1. The summed E-state index contributed by atoms with van der Waals surface area (Å²) in [6, 6.07) is 7.79. The number of hydrogen-bond donors (Lipinski definition) is 2. The highest BCUT2D eigenvalue weighted by Crippen LogP contribution is 2.18. The Hall–Kier alpha value is -1.68.